The van der Waals surface area contributed by atoms with Crippen LogP contribution in [-0.4, -0.2) is 11.6 Å². The fourth-order valence-corrected chi connectivity index (χ4v) is 1.31. The molecule has 72 valence electrons. The van der Waals surface area contributed by atoms with E-state index >= 15 is 0 Å². The van der Waals surface area contributed by atoms with Gasteiger partial charge < -0.3 is 9.72 Å². The minimum atomic E-state index is 0.554. The Hall–Kier alpha value is -0.920. The molecule has 0 amide bonds. The van der Waals surface area contributed by atoms with Gasteiger partial charge in [0.25, 0.3) is 0 Å². The molecule has 1 aromatic rings. The van der Waals surface area contributed by atoms with Crippen molar-refractivity contribution in [3.8, 4) is 5.75 Å². The molecule has 2 heteroatoms. The van der Waals surface area contributed by atoms with Crippen LogP contribution < -0.4 is 4.74 Å². The zero-order chi connectivity index (χ0) is 9.26. The Morgan fingerprint density at radius 1 is 1.54 bits per heavy atom. The van der Waals surface area contributed by atoms with Gasteiger partial charge in [-0.1, -0.05) is 13.8 Å². The van der Waals surface area contributed by atoms with Crippen molar-refractivity contribution in [1.29, 1.82) is 0 Å². The van der Waals surface area contributed by atoms with E-state index < -0.39 is 0 Å². The zero-order valence-corrected chi connectivity index (χ0v) is 8.34. The number of rotatable bonds is 4. The molecule has 1 aliphatic rings. The van der Waals surface area contributed by atoms with E-state index in [1.807, 2.05) is 6.20 Å². The summed E-state index contributed by atoms with van der Waals surface area (Å²) in [5.74, 6) is 2.38. The largest absolute Gasteiger partial charge is 0.492 e. The first kappa shape index (κ1) is 8.67. The monoisotopic (exact) mass is 179 g/mol. The Balaban J connectivity index is 1.88. The Morgan fingerprint density at radius 3 is 2.85 bits per heavy atom. The fraction of sp³-hybridized carbons (Fsp3) is 0.636. The van der Waals surface area contributed by atoms with Crippen LogP contribution in [-0.2, 0) is 0 Å². The maximum Gasteiger partial charge on any atom is 0.137 e. The molecular formula is C11H17NO. The molecule has 0 unspecified atom stereocenters. The molecule has 1 heterocycles. The lowest BCUT2D eigenvalue weighted by Gasteiger charge is -2.01. The van der Waals surface area contributed by atoms with Crippen LogP contribution in [0.2, 0.25) is 0 Å². The third kappa shape index (κ3) is 2.27. The Morgan fingerprint density at radius 2 is 2.31 bits per heavy atom. The van der Waals surface area contributed by atoms with Gasteiger partial charge in [0, 0.05) is 18.0 Å². The van der Waals surface area contributed by atoms with E-state index in [9.17, 15) is 0 Å². The van der Waals surface area contributed by atoms with Crippen molar-refractivity contribution in [2.24, 2.45) is 5.92 Å². The highest BCUT2D eigenvalue weighted by atomic mass is 16.5. The molecule has 1 saturated carbocycles. The number of aromatic amines is 1. The minimum Gasteiger partial charge on any atom is -0.492 e. The van der Waals surface area contributed by atoms with Crippen LogP contribution in [0.4, 0.5) is 0 Å². The van der Waals surface area contributed by atoms with Crippen LogP contribution in [0.15, 0.2) is 12.3 Å². The molecule has 0 saturated heterocycles. The Bertz CT molecular complexity index is 273. The quantitative estimate of drug-likeness (QED) is 0.755. The van der Waals surface area contributed by atoms with Crippen LogP contribution in [0, 0.1) is 5.92 Å². The van der Waals surface area contributed by atoms with Gasteiger partial charge in [-0.25, -0.2) is 0 Å². The number of hydrogen-bond donors (Lipinski definition) is 1. The summed E-state index contributed by atoms with van der Waals surface area (Å²) >= 11 is 0. The molecule has 0 aromatic carbocycles. The standard InChI is InChI=1S/C11H17NO/c1-8(2)11-5-10(6-12-11)13-7-9-3-4-9/h5-6,8-9,12H,3-4,7H2,1-2H3. The summed E-state index contributed by atoms with van der Waals surface area (Å²) in [5.41, 5.74) is 1.26. The lowest BCUT2D eigenvalue weighted by atomic mass is 10.1. The predicted molar refractivity (Wildman–Crippen MR) is 53.1 cm³/mol. The van der Waals surface area contributed by atoms with Gasteiger partial charge in [-0.2, -0.15) is 0 Å². The summed E-state index contributed by atoms with van der Waals surface area (Å²) in [4.78, 5) is 3.22. The van der Waals surface area contributed by atoms with Gasteiger partial charge >= 0.3 is 0 Å². The molecule has 1 fully saturated rings. The SMILES string of the molecule is CC(C)c1cc(OCC2CC2)c[nH]1. The van der Waals surface area contributed by atoms with Gasteiger partial charge in [-0.15, -0.1) is 0 Å². The number of ether oxygens (including phenoxy) is 1. The molecular weight excluding hydrogens is 162 g/mol. The summed E-state index contributed by atoms with van der Waals surface area (Å²) in [6.45, 7) is 5.25. The average Bonchev–Trinajstić information content (AvgIpc) is 2.79. The molecule has 2 nitrogen and oxygen atoms in total. The van der Waals surface area contributed by atoms with E-state index in [1.54, 1.807) is 0 Å². The number of nitrogens with one attached hydrogen (secondary N) is 1. The van der Waals surface area contributed by atoms with E-state index in [1.165, 1.54) is 18.5 Å². The first-order chi connectivity index (χ1) is 6.25. The first-order valence-electron chi connectivity index (χ1n) is 5.07. The minimum absolute atomic E-state index is 0.554. The molecule has 13 heavy (non-hydrogen) atoms. The van der Waals surface area contributed by atoms with Gasteiger partial charge in [0.05, 0.1) is 6.61 Å². The van der Waals surface area contributed by atoms with Crippen LogP contribution in [0.25, 0.3) is 0 Å². The molecule has 0 aliphatic heterocycles. The lowest BCUT2D eigenvalue weighted by Crippen LogP contribution is -1.97. The topological polar surface area (TPSA) is 25.0 Å². The van der Waals surface area contributed by atoms with Gasteiger partial charge in [-0.05, 0) is 24.7 Å². The maximum absolute atomic E-state index is 5.63. The third-order valence-electron chi connectivity index (χ3n) is 2.48. The van der Waals surface area contributed by atoms with Gasteiger partial charge in [-0.3, -0.25) is 0 Å². The molecule has 0 atom stereocenters. The van der Waals surface area contributed by atoms with Crippen molar-refractivity contribution in [3.63, 3.8) is 0 Å². The molecule has 1 aromatic heterocycles. The number of hydrogen-bond acceptors (Lipinski definition) is 1. The van der Waals surface area contributed by atoms with Gasteiger partial charge in [0.15, 0.2) is 0 Å². The summed E-state index contributed by atoms with van der Waals surface area (Å²) in [6.07, 6.45) is 4.65. The second-order valence-electron chi connectivity index (χ2n) is 4.20. The van der Waals surface area contributed by atoms with Crippen molar-refractivity contribution in [2.45, 2.75) is 32.6 Å². The second kappa shape index (κ2) is 3.44. The summed E-state index contributed by atoms with van der Waals surface area (Å²) < 4.78 is 5.63. The molecule has 0 spiro atoms. The molecule has 2 rings (SSSR count). The van der Waals surface area contributed by atoms with Crippen molar-refractivity contribution in [3.05, 3.63) is 18.0 Å². The van der Waals surface area contributed by atoms with Crippen molar-refractivity contribution in [1.82, 2.24) is 4.98 Å². The second-order valence-corrected chi connectivity index (χ2v) is 4.20. The highest BCUT2D eigenvalue weighted by molar-refractivity contribution is 5.24. The van der Waals surface area contributed by atoms with E-state index in [2.05, 4.69) is 24.9 Å². The summed E-state index contributed by atoms with van der Waals surface area (Å²) in [7, 11) is 0. The Labute approximate surface area is 79.3 Å². The summed E-state index contributed by atoms with van der Waals surface area (Å²) in [6, 6.07) is 2.10. The van der Waals surface area contributed by atoms with Crippen molar-refractivity contribution >= 4 is 0 Å². The normalized spacial score (nSPS) is 16.5. The van der Waals surface area contributed by atoms with E-state index in [4.69, 9.17) is 4.74 Å². The zero-order valence-electron chi connectivity index (χ0n) is 8.34. The maximum atomic E-state index is 5.63. The number of aromatic nitrogens is 1. The van der Waals surface area contributed by atoms with Crippen LogP contribution in [0.3, 0.4) is 0 Å². The van der Waals surface area contributed by atoms with Crippen LogP contribution in [0.5, 0.6) is 5.75 Å². The molecule has 1 N–H and O–H groups in total. The number of H-pyrrole nitrogens is 1. The van der Waals surface area contributed by atoms with E-state index in [0.717, 1.165) is 18.3 Å². The highest BCUT2D eigenvalue weighted by Crippen LogP contribution is 2.30. The lowest BCUT2D eigenvalue weighted by molar-refractivity contribution is 0.300. The van der Waals surface area contributed by atoms with Gasteiger partial charge in [0.1, 0.15) is 5.75 Å². The summed E-state index contributed by atoms with van der Waals surface area (Å²) in [5, 5.41) is 0. The third-order valence-corrected chi connectivity index (χ3v) is 2.48. The molecule has 0 bridgehead atoms. The van der Waals surface area contributed by atoms with Crippen molar-refractivity contribution in [2.75, 3.05) is 6.61 Å². The van der Waals surface area contributed by atoms with Crippen LogP contribution >= 0.6 is 0 Å². The highest BCUT2D eigenvalue weighted by Gasteiger charge is 2.22. The smallest absolute Gasteiger partial charge is 0.137 e. The Kier molecular flexibility index (Phi) is 2.30. The van der Waals surface area contributed by atoms with Crippen LogP contribution in [0.1, 0.15) is 38.3 Å². The van der Waals surface area contributed by atoms with Gasteiger partial charge in [0.2, 0.25) is 0 Å². The van der Waals surface area contributed by atoms with E-state index in [0.29, 0.717) is 5.92 Å². The van der Waals surface area contributed by atoms with E-state index in [-0.39, 0.29) is 0 Å². The molecule has 1 aliphatic carbocycles. The van der Waals surface area contributed by atoms with Crippen molar-refractivity contribution < 1.29 is 4.74 Å². The predicted octanol–water partition coefficient (Wildman–Crippen LogP) is 2.93. The molecule has 0 radical (unpaired) electrons. The average molecular weight is 179 g/mol. The first-order valence-corrected chi connectivity index (χ1v) is 5.07. The fourth-order valence-electron chi connectivity index (χ4n) is 1.31.